The van der Waals surface area contributed by atoms with Gasteiger partial charge in [-0.3, -0.25) is 9.59 Å². The Morgan fingerprint density at radius 1 is 1.09 bits per heavy atom. The number of piperidine rings is 1. The fourth-order valence-electron chi connectivity index (χ4n) is 4.30. The smallest absolute Gasteiger partial charge is 0.243 e. The maximum atomic E-state index is 13.0. The van der Waals surface area contributed by atoms with Crippen LogP contribution in [0.4, 0.5) is 0 Å². The Morgan fingerprint density at radius 3 is 2.34 bits per heavy atom. The third kappa shape index (κ3) is 5.52. The summed E-state index contributed by atoms with van der Waals surface area (Å²) in [5.74, 6) is 0.238. The summed E-state index contributed by atoms with van der Waals surface area (Å²) in [6.45, 7) is 3.97. The van der Waals surface area contributed by atoms with Crippen LogP contribution in [0.15, 0.2) is 65.7 Å². The highest BCUT2D eigenvalue weighted by atomic mass is 32.2. The van der Waals surface area contributed by atoms with E-state index in [0.717, 1.165) is 11.3 Å². The second-order valence-corrected chi connectivity index (χ2v) is 10.7. The first-order valence-corrected chi connectivity index (χ1v) is 13.3. The number of aromatic amines is 1. The number of hydrogen-bond acceptors (Lipinski definition) is 5. The lowest BCUT2D eigenvalue weighted by molar-refractivity contribution is -0.127. The lowest BCUT2D eigenvalue weighted by Crippen LogP contribution is -2.43. The molecule has 2 N–H and O–H groups in total. The zero-order valence-corrected chi connectivity index (χ0v) is 20.7. The Balaban J connectivity index is 1.36. The van der Waals surface area contributed by atoms with Gasteiger partial charge in [0.05, 0.1) is 22.8 Å². The molecule has 1 amide bonds. The van der Waals surface area contributed by atoms with Crippen molar-refractivity contribution in [1.29, 1.82) is 0 Å². The molecule has 2 heterocycles. The summed E-state index contributed by atoms with van der Waals surface area (Å²) in [6.07, 6.45) is 3.34. The first-order valence-electron chi connectivity index (χ1n) is 11.8. The number of aromatic nitrogens is 2. The standard InChI is InChI=1S/C26H30N4O4S/c1-3-23(25-27-17-24(28-25)20-7-5-4-6-8-20)29-26(32)21-13-15-30(16-14-21)35(33,34)22-11-9-19(10-12-22)18(2)31/h4-12,17,21,23H,3,13-16H2,1-2H3,(H,27,28)(H,29,32). The zero-order chi connectivity index (χ0) is 25.0. The number of carbonyl (C=O) groups excluding carboxylic acids is 2. The number of hydrogen-bond donors (Lipinski definition) is 2. The minimum absolute atomic E-state index is 0.0858. The molecule has 0 aliphatic carbocycles. The van der Waals surface area contributed by atoms with E-state index >= 15 is 0 Å². The number of sulfonamides is 1. The van der Waals surface area contributed by atoms with Crippen molar-refractivity contribution in [2.75, 3.05) is 13.1 Å². The van der Waals surface area contributed by atoms with E-state index in [4.69, 9.17) is 0 Å². The molecule has 9 heteroatoms. The summed E-state index contributed by atoms with van der Waals surface area (Å²) < 4.78 is 27.4. The number of ketones is 1. The van der Waals surface area contributed by atoms with Gasteiger partial charge in [-0.15, -0.1) is 0 Å². The molecule has 1 atom stereocenters. The van der Waals surface area contributed by atoms with E-state index in [1.165, 1.54) is 35.5 Å². The van der Waals surface area contributed by atoms with Gasteiger partial charge < -0.3 is 10.3 Å². The van der Waals surface area contributed by atoms with Crippen LogP contribution >= 0.6 is 0 Å². The number of Topliss-reactive ketones (excluding diaryl/α,β-unsaturated/α-hetero) is 1. The Hall–Kier alpha value is -3.30. The molecular weight excluding hydrogens is 464 g/mol. The molecule has 4 rings (SSSR count). The van der Waals surface area contributed by atoms with Crippen LogP contribution in [0.5, 0.6) is 0 Å². The SMILES string of the molecule is CCC(NC(=O)C1CCN(S(=O)(=O)c2ccc(C(C)=O)cc2)CC1)c1ncc(-c2ccccc2)[nH]1. The van der Waals surface area contributed by atoms with Gasteiger partial charge in [0.1, 0.15) is 5.82 Å². The van der Waals surface area contributed by atoms with Crippen molar-refractivity contribution in [3.05, 3.63) is 72.2 Å². The van der Waals surface area contributed by atoms with Crippen LogP contribution < -0.4 is 5.32 Å². The minimum Gasteiger partial charge on any atom is -0.346 e. The van der Waals surface area contributed by atoms with E-state index < -0.39 is 10.0 Å². The van der Waals surface area contributed by atoms with Crippen LogP contribution in [0, 0.1) is 5.92 Å². The van der Waals surface area contributed by atoms with E-state index in [1.807, 2.05) is 37.3 Å². The highest BCUT2D eigenvalue weighted by Gasteiger charge is 2.33. The monoisotopic (exact) mass is 494 g/mol. The highest BCUT2D eigenvalue weighted by molar-refractivity contribution is 7.89. The maximum Gasteiger partial charge on any atom is 0.243 e. The third-order valence-corrected chi connectivity index (χ3v) is 8.37. The fourth-order valence-corrected chi connectivity index (χ4v) is 5.77. The maximum absolute atomic E-state index is 13.0. The normalized spacial score (nSPS) is 16.1. The van der Waals surface area contributed by atoms with Gasteiger partial charge in [-0.1, -0.05) is 49.4 Å². The number of rotatable bonds is 8. The predicted octanol–water partition coefficient (Wildman–Crippen LogP) is 3.95. The number of amides is 1. The first-order chi connectivity index (χ1) is 16.8. The lowest BCUT2D eigenvalue weighted by atomic mass is 9.96. The van der Waals surface area contributed by atoms with Crippen LogP contribution in [0.3, 0.4) is 0 Å². The van der Waals surface area contributed by atoms with Gasteiger partial charge in [-0.2, -0.15) is 4.31 Å². The Kier molecular flexibility index (Phi) is 7.47. The third-order valence-electron chi connectivity index (χ3n) is 6.46. The first kappa shape index (κ1) is 24.8. The van der Waals surface area contributed by atoms with Crippen molar-refractivity contribution in [2.45, 2.75) is 44.0 Å². The van der Waals surface area contributed by atoms with Gasteiger partial charge in [0.2, 0.25) is 15.9 Å². The number of H-pyrrole nitrogens is 1. The molecule has 1 aliphatic heterocycles. The van der Waals surface area contributed by atoms with E-state index in [9.17, 15) is 18.0 Å². The van der Waals surface area contributed by atoms with Gasteiger partial charge >= 0.3 is 0 Å². The van der Waals surface area contributed by atoms with E-state index in [1.54, 1.807) is 6.20 Å². The van der Waals surface area contributed by atoms with Crippen molar-refractivity contribution in [3.8, 4) is 11.3 Å². The molecule has 0 saturated carbocycles. The molecule has 8 nitrogen and oxygen atoms in total. The Labute approximate surface area is 205 Å². The summed E-state index contributed by atoms with van der Waals surface area (Å²) in [6, 6.07) is 15.6. The molecule has 1 saturated heterocycles. The van der Waals surface area contributed by atoms with E-state index in [0.29, 0.717) is 30.7 Å². The molecule has 184 valence electrons. The van der Waals surface area contributed by atoms with Crippen LogP contribution in [-0.2, 0) is 14.8 Å². The molecule has 0 bridgehead atoms. The van der Waals surface area contributed by atoms with Crippen molar-refractivity contribution in [2.24, 2.45) is 5.92 Å². The molecule has 0 spiro atoms. The molecule has 1 fully saturated rings. The molecule has 3 aromatic rings. The predicted molar refractivity (Wildman–Crippen MR) is 133 cm³/mol. The number of imidazole rings is 1. The second-order valence-electron chi connectivity index (χ2n) is 8.78. The Morgan fingerprint density at radius 2 is 1.74 bits per heavy atom. The van der Waals surface area contributed by atoms with Crippen molar-refractivity contribution in [1.82, 2.24) is 19.6 Å². The largest absolute Gasteiger partial charge is 0.346 e. The molecule has 1 aliphatic rings. The quantitative estimate of drug-likeness (QED) is 0.461. The molecule has 2 aromatic carbocycles. The van der Waals surface area contributed by atoms with Crippen LogP contribution in [0.1, 0.15) is 55.3 Å². The lowest BCUT2D eigenvalue weighted by Gasteiger charge is -2.31. The number of benzene rings is 2. The number of nitrogens with one attached hydrogen (secondary N) is 2. The molecular formula is C26H30N4O4S. The van der Waals surface area contributed by atoms with E-state index in [2.05, 4.69) is 15.3 Å². The summed E-state index contributed by atoms with van der Waals surface area (Å²) in [5, 5.41) is 3.09. The molecule has 1 aromatic heterocycles. The second kappa shape index (κ2) is 10.5. The number of nitrogens with zero attached hydrogens (tertiary/aromatic N) is 2. The summed E-state index contributed by atoms with van der Waals surface area (Å²) in [5.41, 5.74) is 2.39. The van der Waals surface area contributed by atoms with Gasteiger partial charge in [-0.05, 0) is 43.9 Å². The highest BCUT2D eigenvalue weighted by Crippen LogP contribution is 2.26. The van der Waals surface area contributed by atoms with Crippen molar-refractivity contribution < 1.29 is 18.0 Å². The summed E-state index contributed by atoms with van der Waals surface area (Å²) in [4.78, 5) is 32.4. The number of carbonyl (C=O) groups is 2. The van der Waals surface area contributed by atoms with Gasteiger partial charge in [-0.25, -0.2) is 13.4 Å². The molecule has 0 radical (unpaired) electrons. The fraction of sp³-hybridized carbons (Fsp3) is 0.346. The van der Waals surface area contributed by atoms with Crippen LogP contribution in [0.2, 0.25) is 0 Å². The molecule has 35 heavy (non-hydrogen) atoms. The molecule has 1 unspecified atom stereocenters. The van der Waals surface area contributed by atoms with Gasteiger partial charge in [0, 0.05) is 24.6 Å². The van der Waals surface area contributed by atoms with E-state index in [-0.39, 0.29) is 41.6 Å². The summed E-state index contributed by atoms with van der Waals surface area (Å²) in [7, 11) is -3.67. The average Bonchev–Trinajstić information content (AvgIpc) is 3.38. The minimum atomic E-state index is -3.67. The van der Waals surface area contributed by atoms with Gasteiger partial charge in [0.25, 0.3) is 0 Å². The average molecular weight is 495 g/mol. The van der Waals surface area contributed by atoms with Crippen molar-refractivity contribution >= 4 is 21.7 Å². The summed E-state index contributed by atoms with van der Waals surface area (Å²) >= 11 is 0. The van der Waals surface area contributed by atoms with Crippen LogP contribution in [0.25, 0.3) is 11.3 Å². The Bertz CT molecular complexity index is 1280. The zero-order valence-electron chi connectivity index (χ0n) is 19.9. The van der Waals surface area contributed by atoms with Crippen molar-refractivity contribution in [3.63, 3.8) is 0 Å². The van der Waals surface area contributed by atoms with Gasteiger partial charge in [0.15, 0.2) is 5.78 Å². The topological polar surface area (TPSA) is 112 Å². The van der Waals surface area contributed by atoms with Crippen LogP contribution in [-0.4, -0.2) is 47.5 Å².